The molecule has 1 fully saturated rings. The molecule has 2 aromatic rings. The van der Waals surface area contributed by atoms with Crippen LogP contribution in [-0.4, -0.2) is 11.0 Å². The van der Waals surface area contributed by atoms with Crippen molar-refractivity contribution in [2.75, 3.05) is 0 Å². The van der Waals surface area contributed by atoms with Crippen LogP contribution in [0.15, 0.2) is 46.5 Å². The first-order valence-corrected chi connectivity index (χ1v) is 8.10. The molecule has 1 heterocycles. The van der Waals surface area contributed by atoms with Gasteiger partial charge >= 0.3 is 0 Å². The summed E-state index contributed by atoms with van der Waals surface area (Å²) in [7, 11) is 0. The molecule has 0 atom stereocenters. The monoisotopic (exact) mass is 324 g/mol. The summed E-state index contributed by atoms with van der Waals surface area (Å²) in [6.07, 6.45) is 4.29. The van der Waals surface area contributed by atoms with Crippen molar-refractivity contribution in [3.63, 3.8) is 0 Å². The lowest BCUT2D eigenvalue weighted by Gasteiger charge is -2.12. The summed E-state index contributed by atoms with van der Waals surface area (Å²) in [5.41, 5.74) is 1.19. The first-order chi connectivity index (χ1) is 9.74. The average Bonchev–Trinajstić information content (AvgIpc) is 3.26. The van der Waals surface area contributed by atoms with E-state index in [0.717, 1.165) is 21.5 Å². The second-order valence-corrected chi connectivity index (χ2v) is 6.59. The number of nitrogens with zero attached hydrogens (tertiary/aromatic N) is 1. The molecule has 3 rings (SSSR count). The largest absolute Gasteiger partial charge is 0.310 e. The topological polar surface area (TPSA) is 24.9 Å². The molecule has 1 aromatic heterocycles. The maximum absolute atomic E-state index is 6.34. The predicted molar refractivity (Wildman–Crippen MR) is 84.7 cm³/mol. The molecular weight excluding hydrogens is 311 g/mol. The van der Waals surface area contributed by atoms with Gasteiger partial charge in [0.05, 0.1) is 10.0 Å². The number of pyridine rings is 1. The van der Waals surface area contributed by atoms with Crippen molar-refractivity contribution in [2.45, 2.75) is 35.3 Å². The fraction of sp³-hybridized carbons (Fsp3) is 0.267. The summed E-state index contributed by atoms with van der Waals surface area (Å²) >= 11 is 14.0. The van der Waals surface area contributed by atoms with E-state index in [-0.39, 0.29) is 0 Å². The maximum Gasteiger partial charge on any atom is 0.119 e. The smallest absolute Gasteiger partial charge is 0.119 e. The van der Waals surface area contributed by atoms with Gasteiger partial charge in [-0.25, -0.2) is 4.98 Å². The molecule has 1 saturated carbocycles. The van der Waals surface area contributed by atoms with Crippen molar-refractivity contribution in [3.8, 4) is 0 Å². The third kappa shape index (κ3) is 3.47. The molecule has 0 aliphatic heterocycles. The van der Waals surface area contributed by atoms with Gasteiger partial charge in [-0.1, -0.05) is 47.1 Å². The fourth-order valence-corrected chi connectivity index (χ4v) is 3.35. The second kappa shape index (κ2) is 6.35. The molecular formula is C15H14Cl2N2S. The summed E-state index contributed by atoms with van der Waals surface area (Å²) in [5, 5.41) is 5.70. The van der Waals surface area contributed by atoms with Gasteiger partial charge in [-0.15, -0.1) is 0 Å². The maximum atomic E-state index is 6.34. The Morgan fingerprint density at radius 2 is 1.95 bits per heavy atom. The van der Waals surface area contributed by atoms with Crippen LogP contribution < -0.4 is 5.32 Å². The second-order valence-electron chi connectivity index (χ2n) is 4.78. The van der Waals surface area contributed by atoms with Crippen molar-refractivity contribution >= 4 is 35.0 Å². The van der Waals surface area contributed by atoms with Crippen molar-refractivity contribution in [2.24, 2.45) is 0 Å². The number of benzene rings is 1. The Kier molecular flexibility index (Phi) is 4.51. The minimum atomic E-state index is 0.651. The van der Waals surface area contributed by atoms with Crippen LogP contribution in [0.2, 0.25) is 10.0 Å². The van der Waals surface area contributed by atoms with E-state index in [0.29, 0.717) is 11.1 Å². The van der Waals surface area contributed by atoms with Gasteiger partial charge in [-0.2, -0.15) is 0 Å². The van der Waals surface area contributed by atoms with Gasteiger partial charge in [0.25, 0.3) is 0 Å². The van der Waals surface area contributed by atoms with Crippen molar-refractivity contribution < 1.29 is 0 Å². The normalized spacial score (nSPS) is 14.5. The van der Waals surface area contributed by atoms with Gasteiger partial charge in [0.2, 0.25) is 0 Å². The molecule has 20 heavy (non-hydrogen) atoms. The van der Waals surface area contributed by atoms with Gasteiger partial charge in [0.15, 0.2) is 0 Å². The van der Waals surface area contributed by atoms with E-state index in [1.54, 1.807) is 6.20 Å². The lowest BCUT2D eigenvalue weighted by Crippen LogP contribution is -2.15. The zero-order valence-electron chi connectivity index (χ0n) is 10.8. The Morgan fingerprint density at radius 3 is 2.70 bits per heavy atom. The van der Waals surface area contributed by atoms with E-state index in [2.05, 4.69) is 16.4 Å². The van der Waals surface area contributed by atoms with E-state index >= 15 is 0 Å². The van der Waals surface area contributed by atoms with E-state index in [1.807, 2.05) is 24.3 Å². The Hall–Kier alpha value is -0.740. The first kappa shape index (κ1) is 14.2. The van der Waals surface area contributed by atoms with Crippen LogP contribution >= 0.6 is 35.0 Å². The van der Waals surface area contributed by atoms with Crippen LogP contribution in [0, 0.1) is 0 Å². The van der Waals surface area contributed by atoms with Crippen LogP contribution in [0.1, 0.15) is 18.4 Å². The zero-order chi connectivity index (χ0) is 13.9. The Bertz CT molecular complexity index is 615. The molecule has 0 radical (unpaired) electrons. The Labute approximate surface area is 132 Å². The third-order valence-corrected chi connectivity index (χ3v) is 5.18. The number of rotatable bonds is 5. The van der Waals surface area contributed by atoms with Gasteiger partial charge < -0.3 is 5.32 Å². The highest BCUT2D eigenvalue weighted by atomic mass is 35.5. The summed E-state index contributed by atoms with van der Waals surface area (Å²) in [5.74, 6) is 0. The third-order valence-electron chi connectivity index (χ3n) is 3.13. The molecule has 1 aromatic carbocycles. The molecule has 0 amide bonds. The van der Waals surface area contributed by atoms with Crippen LogP contribution in [0.4, 0.5) is 0 Å². The highest BCUT2D eigenvalue weighted by Crippen LogP contribution is 2.38. The fourth-order valence-electron chi connectivity index (χ4n) is 1.89. The van der Waals surface area contributed by atoms with Gasteiger partial charge in [-0.3, -0.25) is 0 Å². The van der Waals surface area contributed by atoms with Gasteiger partial charge in [0, 0.05) is 23.7 Å². The molecule has 104 valence electrons. The SMILES string of the molecule is Clc1cccnc1Sc1c(Cl)cccc1CNC1CC1. The molecule has 0 bridgehead atoms. The minimum absolute atomic E-state index is 0.651. The molecule has 0 spiro atoms. The predicted octanol–water partition coefficient (Wildman–Crippen LogP) is 4.79. The minimum Gasteiger partial charge on any atom is -0.310 e. The summed E-state index contributed by atoms with van der Waals surface area (Å²) in [4.78, 5) is 5.35. The number of halogens is 2. The highest BCUT2D eigenvalue weighted by Gasteiger charge is 2.21. The lowest BCUT2D eigenvalue weighted by atomic mass is 10.2. The number of hydrogen-bond acceptors (Lipinski definition) is 3. The number of hydrogen-bond donors (Lipinski definition) is 1. The quantitative estimate of drug-likeness (QED) is 0.855. The van der Waals surface area contributed by atoms with Crippen molar-refractivity contribution in [3.05, 3.63) is 52.1 Å². The molecule has 0 saturated heterocycles. The molecule has 1 aliphatic rings. The Balaban J connectivity index is 1.85. The molecule has 1 aliphatic carbocycles. The summed E-state index contributed by atoms with van der Waals surface area (Å²) in [6.45, 7) is 0.831. The molecule has 1 N–H and O–H groups in total. The molecule has 0 unspecified atom stereocenters. The number of nitrogens with one attached hydrogen (secondary N) is 1. The van der Waals surface area contributed by atoms with Crippen molar-refractivity contribution in [1.29, 1.82) is 0 Å². The average molecular weight is 325 g/mol. The van der Waals surface area contributed by atoms with E-state index in [9.17, 15) is 0 Å². The summed E-state index contributed by atoms with van der Waals surface area (Å²) in [6, 6.07) is 10.3. The lowest BCUT2D eigenvalue weighted by molar-refractivity contribution is 0.680. The van der Waals surface area contributed by atoms with E-state index in [1.165, 1.54) is 30.2 Å². The zero-order valence-corrected chi connectivity index (χ0v) is 13.1. The van der Waals surface area contributed by atoms with Crippen LogP contribution in [0.25, 0.3) is 0 Å². The van der Waals surface area contributed by atoms with Gasteiger partial charge in [-0.05, 0) is 36.6 Å². The summed E-state index contributed by atoms with van der Waals surface area (Å²) < 4.78 is 0. The molecule has 2 nitrogen and oxygen atoms in total. The van der Waals surface area contributed by atoms with Crippen molar-refractivity contribution in [1.82, 2.24) is 10.3 Å². The standard InChI is InChI=1S/C15H14Cl2N2S/c16-12-4-1-3-10(9-19-11-6-7-11)14(12)20-15-13(17)5-2-8-18-15/h1-5,8,11,19H,6-7,9H2. The highest BCUT2D eigenvalue weighted by molar-refractivity contribution is 7.99. The van der Waals surface area contributed by atoms with Gasteiger partial charge in [0.1, 0.15) is 5.03 Å². The number of aromatic nitrogens is 1. The van der Waals surface area contributed by atoms with Crippen LogP contribution in [-0.2, 0) is 6.54 Å². The van der Waals surface area contributed by atoms with E-state index in [4.69, 9.17) is 23.2 Å². The van der Waals surface area contributed by atoms with Crippen LogP contribution in [0.5, 0.6) is 0 Å². The first-order valence-electron chi connectivity index (χ1n) is 6.53. The molecule has 5 heteroatoms. The van der Waals surface area contributed by atoms with Crippen LogP contribution in [0.3, 0.4) is 0 Å². The van der Waals surface area contributed by atoms with E-state index < -0.39 is 0 Å². The Morgan fingerprint density at radius 1 is 1.15 bits per heavy atom.